The van der Waals surface area contributed by atoms with E-state index in [9.17, 15) is 13.2 Å². The van der Waals surface area contributed by atoms with Crippen molar-refractivity contribution in [1.29, 1.82) is 0 Å². The number of benzene rings is 2. The standard InChI is InChI=1S/C18H15F3N2O2/c1-24-16-8-13-14(22-10-23-15(13)9-17(16)25-2)7-11-4-3-5-12(6-11)18(19,20)21/h3-6,8-10H,7H2,1-2H3. The van der Waals surface area contributed by atoms with Gasteiger partial charge in [-0.25, -0.2) is 9.97 Å². The van der Waals surface area contributed by atoms with E-state index in [0.29, 0.717) is 33.7 Å². The van der Waals surface area contributed by atoms with Crippen molar-refractivity contribution in [3.63, 3.8) is 0 Å². The Bertz CT molecular complexity index is 910. The number of methoxy groups -OCH3 is 2. The summed E-state index contributed by atoms with van der Waals surface area (Å²) in [5.74, 6) is 1.04. The molecule has 0 atom stereocenters. The molecule has 0 unspecified atom stereocenters. The lowest BCUT2D eigenvalue weighted by Crippen LogP contribution is -2.05. The maximum Gasteiger partial charge on any atom is 0.416 e. The lowest BCUT2D eigenvalue weighted by atomic mass is 10.0. The largest absolute Gasteiger partial charge is 0.493 e. The minimum atomic E-state index is -4.37. The smallest absolute Gasteiger partial charge is 0.416 e. The van der Waals surface area contributed by atoms with Crippen LogP contribution in [0.3, 0.4) is 0 Å². The van der Waals surface area contributed by atoms with Gasteiger partial charge >= 0.3 is 6.18 Å². The number of nitrogens with zero attached hydrogens (tertiary/aromatic N) is 2. The van der Waals surface area contributed by atoms with Crippen LogP contribution in [0.2, 0.25) is 0 Å². The Morgan fingerprint density at radius 3 is 2.36 bits per heavy atom. The van der Waals surface area contributed by atoms with Gasteiger partial charge in [-0.2, -0.15) is 13.2 Å². The van der Waals surface area contributed by atoms with Crippen LogP contribution in [-0.2, 0) is 12.6 Å². The van der Waals surface area contributed by atoms with Crippen molar-refractivity contribution in [2.75, 3.05) is 14.2 Å². The molecule has 25 heavy (non-hydrogen) atoms. The third-order valence-corrected chi connectivity index (χ3v) is 3.85. The summed E-state index contributed by atoms with van der Waals surface area (Å²) in [6, 6.07) is 8.67. The molecule has 0 aliphatic carbocycles. The van der Waals surface area contributed by atoms with Crippen LogP contribution < -0.4 is 9.47 Å². The maximum absolute atomic E-state index is 12.9. The lowest BCUT2D eigenvalue weighted by Gasteiger charge is -2.12. The van der Waals surface area contributed by atoms with Gasteiger partial charge in [0, 0.05) is 17.9 Å². The van der Waals surface area contributed by atoms with Gasteiger partial charge in [-0.15, -0.1) is 0 Å². The molecule has 0 spiro atoms. The number of aromatic nitrogens is 2. The van der Waals surface area contributed by atoms with Crippen LogP contribution in [0, 0.1) is 0 Å². The number of hydrogen-bond donors (Lipinski definition) is 0. The van der Waals surface area contributed by atoms with Gasteiger partial charge in [-0.1, -0.05) is 18.2 Å². The van der Waals surface area contributed by atoms with E-state index in [2.05, 4.69) is 9.97 Å². The Morgan fingerprint density at radius 1 is 0.960 bits per heavy atom. The van der Waals surface area contributed by atoms with Crippen molar-refractivity contribution >= 4 is 10.9 Å². The molecular weight excluding hydrogens is 333 g/mol. The Kier molecular flexibility index (Phi) is 4.48. The molecule has 0 amide bonds. The van der Waals surface area contributed by atoms with Crippen LogP contribution in [0.4, 0.5) is 13.2 Å². The molecule has 0 aliphatic heterocycles. The second kappa shape index (κ2) is 6.58. The zero-order chi connectivity index (χ0) is 18.0. The molecule has 3 aromatic rings. The molecule has 1 heterocycles. The first-order chi connectivity index (χ1) is 11.9. The molecule has 1 aromatic heterocycles. The fraction of sp³-hybridized carbons (Fsp3) is 0.222. The first kappa shape index (κ1) is 17.0. The van der Waals surface area contributed by atoms with Gasteiger partial charge in [0.25, 0.3) is 0 Å². The monoisotopic (exact) mass is 348 g/mol. The van der Waals surface area contributed by atoms with E-state index in [-0.39, 0.29) is 6.42 Å². The summed E-state index contributed by atoms with van der Waals surface area (Å²) in [6.07, 6.45) is -2.74. The van der Waals surface area contributed by atoms with Crippen molar-refractivity contribution in [3.8, 4) is 11.5 Å². The quantitative estimate of drug-likeness (QED) is 0.707. The van der Waals surface area contributed by atoms with Crippen LogP contribution >= 0.6 is 0 Å². The van der Waals surface area contributed by atoms with Crippen molar-refractivity contribution < 1.29 is 22.6 Å². The zero-order valence-electron chi connectivity index (χ0n) is 13.6. The molecule has 0 aliphatic rings. The molecule has 3 rings (SSSR count). The minimum Gasteiger partial charge on any atom is -0.493 e. The van der Waals surface area contributed by atoms with Crippen LogP contribution in [-0.4, -0.2) is 24.2 Å². The highest BCUT2D eigenvalue weighted by Crippen LogP contribution is 2.33. The highest BCUT2D eigenvalue weighted by Gasteiger charge is 2.30. The minimum absolute atomic E-state index is 0.248. The SMILES string of the molecule is COc1cc2ncnc(Cc3cccc(C(F)(F)F)c3)c2cc1OC. The van der Waals surface area contributed by atoms with Gasteiger partial charge < -0.3 is 9.47 Å². The number of ether oxygens (including phenoxy) is 2. The summed E-state index contributed by atoms with van der Waals surface area (Å²) in [5, 5.41) is 0.706. The van der Waals surface area contributed by atoms with E-state index in [1.807, 2.05) is 0 Å². The van der Waals surface area contributed by atoms with E-state index >= 15 is 0 Å². The number of rotatable bonds is 4. The number of fused-ring (bicyclic) bond motifs is 1. The first-order valence-corrected chi connectivity index (χ1v) is 7.44. The van der Waals surface area contributed by atoms with E-state index in [1.165, 1.54) is 26.6 Å². The van der Waals surface area contributed by atoms with Gasteiger partial charge in [-0.05, 0) is 17.7 Å². The topological polar surface area (TPSA) is 44.2 Å². The summed E-state index contributed by atoms with van der Waals surface area (Å²) < 4.78 is 49.2. The molecule has 0 radical (unpaired) electrons. The Morgan fingerprint density at radius 2 is 1.68 bits per heavy atom. The summed E-state index contributed by atoms with van der Waals surface area (Å²) in [7, 11) is 3.04. The Balaban J connectivity index is 2.05. The van der Waals surface area contributed by atoms with Gasteiger partial charge in [-0.3, -0.25) is 0 Å². The number of hydrogen-bond acceptors (Lipinski definition) is 4. The second-order valence-electron chi connectivity index (χ2n) is 5.42. The second-order valence-corrected chi connectivity index (χ2v) is 5.42. The highest BCUT2D eigenvalue weighted by molar-refractivity contribution is 5.84. The van der Waals surface area contributed by atoms with Gasteiger partial charge in [0.15, 0.2) is 11.5 Å². The maximum atomic E-state index is 12.9. The van der Waals surface area contributed by atoms with Crippen molar-refractivity contribution in [2.45, 2.75) is 12.6 Å². The van der Waals surface area contributed by atoms with E-state index in [1.54, 1.807) is 18.2 Å². The summed E-state index contributed by atoms with van der Waals surface area (Å²) in [5.41, 5.74) is 1.09. The summed E-state index contributed by atoms with van der Waals surface area (Å²) in [4.78, 5) is 8.43. The molecule has 0 fully saturated rings. The molecular formula is C18H15F3N2O2. The average Bonchev–Trinajstić information content (AvgIpc) is 2.60. The highest BCUT2D eigenvalue weighted by atomic mass is 19.4. The van der Waals surface area contributed by atoms with E-state index in [4.69, 9.17) is 9.47 Å². The van der Waals surface area contributed by atoms with Crippen molar-refractivity contribution in [2.24, 2.45) is 0 Å². The van der Waals surface area contributed by atoms with Gasteiger partial charge in [0.05, 0.1) is 31.0 Å². The van der Waals surface area contributed by atoms with E-state index in [0.717, 1.165) is 12.1 Å². The normalized spacial score (nSPS) is 11.6. The fourth-order valence-electron chi connectivity index (χ4n) is 2.63. The summed E-state index contributed by atoms with van der Waals surface area (Å²) in [6.45, 7) is 0. The molecule has 0 saturated carbocycles. The predicted octanol–water partition coefficient (Wildman–Crippen LogP) is 4.26. The molecule has 4 nitrogen and oxygen atoms in total. The Labute approximate surface area is 142 Å². The third-order valence-electron chi connectivity index (χ3n) is 3.85. The molecule has 2 aromatic carbocycles. The third kappa shape index (κ3) is 3.50. The Hall–Kier alpha value is -2.83. The number of alkyl halides is 3. The predicted molar refractivity (Wildman–Crippen MR) is 86.9 cm³/mol. The van der Waals surface area contributed by atoms with Crippen LogP contribution in [0.1, 0.15) is 16.8 Å². The van der Waals surface area contributed by atoms with Crippen molar-refractivity contribution in [3.05, 3.63) is 59.5 Å². The lowest BCUT2D eigenvalue weighted by molar-refractivity contribution is -0.137. The first-order valence-electron chi connectivity index (χ1n) is 7.44. The van der Waals surface area contributed by atoms with Gasteiger partial charge in [0.2, 0.25) is 0 Å². The molecule has 0 bridgehead atoms. The van der Waals surface area contributed by atoms with Crippen LogP contribution in [0.25, 0.3) is 10.9 Å². The number of halogens is 3. The van der Waals surface area contributed by atoms with Crippen molar-refractivity contribution in [1.82, 2.24) is 9.97 Å². The fourth-order valence-corrected chi connectivity index (χ4v) is 2.63. The molecule has 0 N–H and O–H groups in total. The molecule has 0 saturated heterocycles. The summed E-state index contributed by atoms with van der Waals surface area (Å²) >= 11 is 0. The average molecular weight is 348 g/mol. The molecule has 7 heteroatoms. The van der Waals surface area contributed by atoms with Crippen LogP contribution in [0.15, 0.2) is 42.7 Å². The van der Waals surface area contributed by atoms with Gasteiger partial charge in [0.1, 0.15) is 6.33 Å². The van der Waals surface area contributed by atoms with Crippen LogP contribution in [0.5, 0.6) is 11.5 Å². The van der Waals surface area contributed by atoms with E-state index < -0.39 is 11.7 Å². The zero-order valence-corrected chi connectivity index (χ0v) is 13.6. The molecule has 130 valence electrons.